The Balaban J connectivity index is 1.27. The van der Waals surface area contributed by atoms with E-state index in [-0.39, 0.29) is 5.91 Å². The number of rotatable bonds is 5. The highest BCUT2D eigenvalue weighted by Crippen LogP contribution is 2.31. The van der Waals surface area contributed by atoms with Crippen molar-refractivity contribution in [3.63, 3.8) is 0 Å². The first kappa shape index (κ1) is 20.5. The molecule has 1 aliphatic carbocycles. The van der Waals surface area contributed by atoms with Crippen LogP contribution in [0.5, 0.6) is 0 Å². The average molecular weight is 452 g/mol. The zero-order chi connectivity index (χ0) is 22.9. The first-order valence-corrected chi connectivity index (χ1v) is 11.8. The molecule has 1 amide bonds. The van der Waals surface area contributed by atoms with Crippen molar-refractivity contribution < 1.29 is 4.79 Å². The molecule has 3 N–H and O–H groups in total. The van der Waals surface area contributed by atoms with E-state index >= 15 is 0 Å². The molecule has 0 aromatic carbocycles. The minimum Gasteiger partial charge on any atom is -0.338 e. The van der Waals surface area contributed by atoms with Gasteiger partial charge in [-0.05, 0) is 49.1 Å². The molecule has 6 rings (SSSR count). The molecule has 5 heterocycles. The fourth-order valence-corrected chi connectivity index (χ4v) is 4.88. The van der Waals surface area contributed by atoms with Crippen molar-refractivity contribution in [3.05, 3.63) is 55.1 Å². The average Bonchev–Trinajstić information content (AvgIpc) is 3.48. The third-order valence-electron chi connectivity index (χ3n) is 6.61. The molecule has 8 heteroatoms. The van der Waals surface area contributed by atoms with E-state index in [2.05, 4.69) is 35.5 Å². The molecule has 34 heavy (non-hydrogen) atoms. The van der Waals surface area contributed by atoms with E-state index < -0.39 is 0 Å². The minimum atomic E-state index is 0.0544. The Hall–Kier alpha value is -4.07. The molecular weight excluding hydrogens is 426 g/mol. The summed E-state index contributed by atoms with van der Waals surface area (Å²) in [5.41, 5.74) is 5.65. The van der Waals surface area contributed by atoms with Gasteiger partial charge in [0.05, 0.1) is 35.0 Å². The van der Waals surface area contributed by atoms with E-state index in [1.165, 1.54) is 19.3 Å². The molecule has 5 aromatic heterocycles. The summed E-state index contributed by atoms with van der Waals surface area (Å²) in [6.45, 7) is 0. The maximum atomic E-state index is 12.6. The van der Waals surface area contributed by atoms with Gasteiger partial charge >= 0.3 is 0 Å². The highest BCUT2D eigenvalue weighted by molar-refractivity contribution is 5.96. The number of fused-ring (bicyclic) bond motifs is 2. The van der Waals surface area contributed by atoms with Gasteiger partial charge in [-0.25, -0.2) is 4.98 Å². The van der Waals surface area contributed by atoms with Crippen LogP contribution in [-0.2, 0) is 4.79 Å². The Morgan fingerprint density at radius 1 is 1.06 bits per heavy atom. The number of hydrogen-bond donors (Lipinski definition) is 3. The molecule has 0 spiro atoms. The van der Waals surface area contributed by atoms with Crippen LogP contribution < -0.4 is 5.32 Å². The number of anilines is 1. The summed E-state index contributed by atoms with van der Waals surface area (Å²) in [6, 6.07) is 9.90. The second kappa shape index (κ2) is 8.70. The monoisotopic (exact) mass is 451 g/mol. The van der Waals surface area contributed by atoms with Gasteiger partial charge in [-0.15, -0.1) is 0 Å². The lowest BCUT2D eigenvalue weighted by Crippen LogP contribution is -2.18. The van der Waals surface area contributed by atoms with Crippen LogP contribution in [0.4, 0.5) is 5.69 Å². The Morgan fingerprint density at radius 3 is 2.85 bits per heavy atom. The number of nitrogens with one attached hydrogen (secondary N) is 3. The third kappa shape index (κ3) is 4.03. The van der Waals surface area contributed by atoms with E-state index in [9.17, 15) is 4.79 Å². The molecule has 0 unspecified atom stereocenters. The van der Waals surface area contributed by atoms with Crippen LogP contribution in [0.1, 0.15) is 38.5 Å². The van der Waals surface area contributed by atoms with Crippen LogP contribution in [-0.4, -0.2) is 36.0 Å². The smallest absolute Gasteiger partial charge is 0.224 e. The number of aromatic nitrogens is 6. The van der Waals surface area contributed by atoms with Gasteiger partial charge in [0.2, 0.25) is 5.91 Å². The second-order valence-electron chi connectivity index (χ2n) is 9.03. The van der Waals surface area contributed by atoms with Gasteiger partial charge in [-0.1, -0.05) is 19.3 Å². The number of hydrogen-bond acceptors (Lipinski definition) is 5. The van der Waals surface area contributed by atoms with Crippen molar-refractivity contribution in [3.8, 4) is 22.6 Å². The lowest BCUT2D eigenvalue weighted by atomic mass is 9.87. The number of amides is 1. The summed E-state index contributed by atoms with van der Waals surface area (Å²) < 4.78 is 0. The standard InChI is InChI=1S/C26H25N7O/c34-24(9-16-5-2-1-3-6-16)30-19-10-18(13-27-14-19)21-12-20-23(15-29-21)32-33-25(20)22-11-17-7-4-8-28-26(17)31-22/h4,7-8,10-16H,1-3,5-6,9H2,(H,28,31)(H,30,34)(H,32,33). The van der Waals surface area contributed by atoms with Crippen molar-refractivity contribution >= 4 is 33.5 Å². The summed E-state index contributed by atoms with van der Waals surface area (Å²) in [6.07, 6.45) is 13.6. The lowest BCUT2D eigenvalue weighted by Gasteiger charge is -2.20. The van der Waals surface area contributed by atoms with Crippen LogP contribution in [0.2, 0.25) is 0 Å². The maximum absolute atomic E-state index is 12.6. The summed E-state index contributed by atoms with van der Waals surface area (Å²) in [5, 5.41) is 12.6. The molecule has 0 radical (unpaired) electrons. The SMILES string of the molecule is O=C(CC1CCCCC1)Nc1cncc(-c2cc3c(-c4cc5cccnc5[nH]4)n[nH]c3cn2)c1. The van der Waals surface area contributed by atoms with E-state index in [4.69, 9.17) is 0 Å². The molecule has 170 valence electrons. The van der Waals surface area contributed by atoms with Crippen LogP contribution >= 0.6 is 0 Å². The topological polar surface area (TPSA) is 112 Å². The predicted octanol–water partition coefficient (Wildman–Crippen LogP) is 5.47. The predicted molar refractivity (Wildman–Crippen MR) is 132 cm³/mol. The first-order valence-electron chi connectivity index (χ1n) is 11.8. The van der Waals surface area contributed by atoms with E-state index in [0.29, 0.717) is 18.0 Å². The molecular formula is C26H25N7O. The fourth-order valence-electron chi connectivity index (χ4n) is 4.88. The summed E-state index contributed by atoms with van der Waals surface area (Å²) in [5.74, 6) is 0.548. The zero-order valence-electron chi connectivity index (χ0n) is 18.7. The number of carbonyl (C=O) groups excluding carboxylic acids is 1. The molecule has 1 fully saturated rings. The number of pyridine rings is 3. The number of aromatic amines is 2. The van der Waals surface area contributed by atoms with Crippen molar-refractivity contribution in [1.82, 2.24) is 30.1 Å². The van der Waals surface area contributed by atoms with Crippen LogP contribution in [0, 0.1) is 5.92 Å². The number of H-pyrrole nitrogens is 2. The van der Waals surface area contributed by atoms with Gasteiger partial charge in [-0.2, -0.15) is 5.10 Å². The van der Waals surface area contributed by atoms with Crippen molar-refractivity contribution in [2.75, 3.05) is 5.32 Å². The molecule has 8 nitrogen and oxygen atoms in total. The van der Waals surface area contributed by atoms with Gasteiger partial charge < -0.3 is 10.3 Å². The third-order valence-corrected chi connectivity index (χ3v) is 6.61. The number of carbonyl (C=O) groups is 1. The quantitative estimate of drug-likeness (QED) is 0.328. The van der Waals surface area contributed by atoms with Crippen LogP contribution in [0.15, 0.2) is 55.1 Å². The Morgan fingerprint density at radius 2 is 1.97 bits per heavy atom. The summed E-state index contributed by atoms with van der Waals surface area (Å²) in [7, 11) is 0. The normalized spacial score (nSPS) is 14.6. The Kier molecular flexibility index (Phi) is 5.25. The van der Waals surface area contributed by atoms with Crippen molar-refractivity contribution in [2.45, 2.75) is 38.5 Å². The van der Waals surface area contributed by atoms with Gasteiger partial charge in [-0.3, -0.25) is 19.9 Å². The van der Waals surface area contributed by atoms with E-state index in [1.807, 2.05) is 30.3 Å². The van der Waals surface area contributed by atoms with Gasteiger partial charge in [0.15, 0.2) is 0 Å². The second-order valence-corrected chi connectivity index (χ2v) is 9.03. The van der Waals surface area contributed by atoms with Gasteiger partial charge in [0.1, 0.15) is 11.3 Å². The lowest BCUT2D eigenvalue weighted by molar-refractivity contribution is -0.117. The van der Waals surface area contributed by atoms with E-state index in [0.717, 1.165) is 57.4 Å². The molecule has 0 aliphatic heterocycles. The molecule has 1 aliphatic rings. The zero-order valence-corrected chi connectivity index (χ0v) is 18.7. The largest absolute Gasteiger partial charge is 0.338 e. The first-order chi connectivity index (χ1) is 16.7. The summed E-state index contributed by atoms with van der Waals surface area (Å²) in [4.78, 5) is 29.2. The van der Waals surface area contributed by atoms with Gasteiger partial charge in [0.25, 0.3) is 0 Å². The molecule has 5 aromatic rings. The highest BCUT2D eigenvalue weighted by Gasteiger charge is 2.18. The molecule has 0 saturated heterocycles. The van der Waals surface area contributed by atoms with Crippen LogP contribution in [0.3, 0.4) is 0 Å². The fraction of sp³-hybridized carbons (Fsp3) is 0.269. The highest BCUT2D eigenvalue weighted by atomic mass is 16.1. The molecule has 0 atom stereocenters. The van der Waals surface area contributed by atoms with E-state index in [1.54, 1.807) is 24.8 Å². The number of nitrogens with zero attached hydrogens (tertiary/aromatic N) is 4. The summed E-state index contributed by atoms with van der Waals surface area (Å²) >= 11 is 0. The molecule has 0 bridgehead atoms. The minimum absolute atomic E-state index is 0.0544. The van der Waals surface area contributed by atoms with Gasteiger partial charge in [0, 0.05) is 35.2 Å². The van der Waals surface area contributed by atoms with Crippen molar-refractivity contribution in [1.29, 1.82) is 0 Å². The van der Waals surface area contributed by atoms with Crippen LogP contribution in [0.25, 0.3) is 44.6 Å². The molecule has 1 saturated carbocycles. The Bertz CT molecular complexity index is 1450. The Labute approximate surface area is 196 Å². The van der Waals surface area contributed by atoms with Crippen molar-refractivity contribution in [2.24, 2.45) is 5.92 Å². The maximum Gasteiger partial charge on any atom is 0.224 e.